The highest BCUT2D eigenvalue weighted by molar-refractivity contribution is 5.04. The zero-order chi connectivity index (χ0) is 9.80. The van der Waals surface area contributed by atoms with Crippen LogP contribution in [0.5, 0.6) is 0 Å². The quantitative estimate of drug-likeness (QED) is 0.682. The van der Waals surface area contributed by atoms with Gasteiger partial charge in [0.1, 0.15) is 0 Å². The molecule has 14 heavy (non-hydrogen) atoms. The van der Waals surface area contributed by atoms with Gasteiger partial charge in [-0.15, -0.1) is 0 Å². The summed E-state index contributed by atoms with van der Waals surface area (Å²) in [6, 6.07) is 1.31. The van der Waals surface area contributed by atoms with E-state index >= 15 is 0 Å². The first-order chi connectivity index (χ1) is 6.84. The van der Waals surface area contributed by atoms with Crippen LogP contribution in [0.3, 0.4) is 0 Å². The normalized spacial score (nSPS) is 33.9. The molecule has 0 aromatic heterocycles. The van der Waals surface area contributed by atoms with E-state index in [0.29, 0.717) is 12.1 Å². The summed E-state index contributed by atoms with van der Waals surface area (Å²) in [4.78, 5) is 0. The molecule has 1 aliphatic heterocycles. The molecular formula is C12H21NO. The molecule has 2 nitrogen and oxygen atoms in total. The van der Waals surface area contributed by atoms with E-state index in [4.69, 9.17) is 4.74 Å². The van der Waals surface area contributed by atoms with Crippen LogP contribution >= 0.6 is 0 Å². The summed E-state index contributed by atoms with van der Waals surface area (Å²) in [7, 11) is 0. The van der Waals surface area contributed by atoms with Crippen LogP contribution in [0, 0.1) is 0 Å². The number of hydrogen-bond acceptors (Lipinski definition) is 2. The lowest BCUT2D eigenvalue weighted by Gasteiger charge is -2.30. The van der Waals surface area contributed by atoms with Crippen LogP contribution in [0.15, 0.2) is 11.6 Å². The number of ether oxygens (including phenoxy) is 1. The SMILES string of the molecule is CC1=CCC(NC2CCCOC2)CC1. The van der Waals surface area contributed by atoms with Gasteiger partial charge < -0.3 is 10.1 Å². The van der Waals surface area contributed by atoms with Crippen molar-refractivity contribution >= 4 is 0 Å². The van der Waals surface area contributed by atoms with Gasteiger partial charge in [0, 0.05) is 18.7 Å². The Bertz CT molecular complexity index is 206. The van der Waals surface area contributed by atoms with Crippen molar-refractivity contribution in [2.24, 2.45) is 0 Å². The number of hydrogen-bond donors (Lipinski definition) is 1. The molecule has 0 amide bonds. The van der Waals surface area contributed by atoms with E-state index in [9.17, 15) is 0 Å². The monoisotopic (exact) mass is 195 g/mol. The minimum Gasteiger partial charge on any atom is -0.380 e. The number of nitrogens with one attached hydrogen (secondary N) is 1. The fourth-order valence-corrected chi connectivity index (χ4v) is 2.32. The molecule has 1 aliphatic carbocycles. The predicted molar refractivity (Wildman–Crippen MR) is 58.4 cm³/mol. The first-order valence-corrected chi connectivity index (χ1v) is 5.84. The van der Waals surface area contributed by atoms with Gasteiger partial charge in [0.15, 0.2) is 0 Å². The minimum absolute atomic E-state index is 0.612. The Morgan fingerprint density at radius 2 is 2.29 bits per heavy atom. The first-order valence-electron chi connectivity index (χ1n) is 5.84. The average Bonchev–Trinajstić information content (AvgIpc) is 2.23. The second-order valence-electron chi connectivity index (χ2n) is 4.60. The fraction of sp³-hybridized carbons (Fsp3) is 0.833. The molecule has 80 valence electrons. The van der Waals surface area contributed by atoms with Crippen molar-refractivity contribution in [1.29, 1.82) is 0 Å². The summed E-state index contributed by atoms with van der Waals surface area (Å²) in [6.45, 7) is 4.11. The summed E-state index contributed by atoms with van der Waals surface area (Å²) in [6.07, 6.45) is 8.68. The second kappa shape index (κ2) is 4.94. The van der Waals surface area contributed by atoms with E-state index < -0.39 is 0 Å². The van der Waals surface area contributed by atoms with Crippen molar-refractivity contribution < 1.29 is 4.74 Å². The minimum atomic E-state index is 0.612. The Morgan fingerprint density at radius 3 is 2.93 bits per heavy atom. The highest BCUT2D eigenvalue weighted by Gasteiger charge is 2.19. The molecule has 1 fully saturated rings. The highest BCUT2D eigenvalue weighted by Crippen LogP contribution is 2.19. The maximum atomic E-state index is 5.47. The number of allylic oxidation sites excluding steroid dienone is 1. The van der Waals surface area contributed by atoms with Gasteiger partial charge in [-0.3, -0.25) is 0 Å². The van der Waals surface area contributed by atoms with Gasteiger partial charge in [-0.25, -0.2) is 0 Å². The summed E-state index contributed by atoms with van der Waals surface area (Å²) in [5.74, 6) is 0. The Kier molecular flexibility index (Phi) is 3.60. The van der Waals surface area contributed by atoms with Gasteiger partial charge in [0.25, 0.3) is 0 Å². The topological polar surface area (TPSA) is 21.3 Å². The van der Waals surface area contributed by atoms with E-state index in [2.05, 4.69) is 18.3 Å². The molecule has 2 atom stereocenters. The van der Waals surface area contributed by atoms with Crippen LogP contribution in [0.1, 0.15) is 39.0 Å². The second-order valence-corrected chi connectivity index (χ2v) is 4.60. The maximum Gasteiger partial charge on any atom is 0.0619 e. The molecule has 0 aromatic rings. The van der Waals surface area contributed by atoms with Gasteiger partial charge in [0.2, 0.25) is 0 Å². The van der Waals surface area contributed by atoms with Crippen molar-refractivity contribution in [1.82, 2.24) is 5.32 Å². The summed E-state index contributed by atoms with van der Waals surface area (Å²) < 4.78 is 5.47. The molecule has 0 bridgehead atoms. The zero-order valence-corrected chi connectivity index (χ0v) is 9.09. The molecule has 2 heteroatoms. The Labute approximate surface area is 86.7 Å². The van der Waals surface area contributed by atoms with E-state index in [1.807, 2.05) is 0 Å². The third-order valence-electron chi connectivity index (χ3n) is 3.27. The summed E-state index contributed by atoms with van der Waals surface area (Å²) >= 11 is 0. The zero-order valence-electron chi connectivity index (χ0n) is 9.09. The first kappa shape index (κ1) is 10.2. The summed E-state index contributed by atoms with van der Waals surface area (Å²) in [5.41, 5.74) is 1.56. The van der Waals surface area contributed by atoms with Gasteiger partial charge in [0.05, 0.1) is 6.61 Å². The van der Waals surface area contributed by atoms with E-state index in [0.717, 1.165) is 13.2 Å². The third-order valence-corrected chi connectivity index (χ3v) is 3.27. The maximum absolute atomic E-state index is 5.47. The lowest BCUT2D eigenvalue weighted by atomic mass is 9.95. The molecule has 0 spiro atoms. The molecule has 2 aliphatic rings. The highest BCUT2D eigenvalue weighted by atomic mass is 16.5. The van der Waals surface area contributed by atoms with Gasteiger partial charge in [-0.1, -0.05) is 11.6 Å². The van der Waals surface area contributed by atoms with Crippen molar-refractivity contribution in [3.05, 3.63) is 11.6 Å². The lowest BCUT2D eigenvalue weighted by molar-refractivity contribution is 0.0658. The standard InChI is InChI=1S/C12H21NO/c1-10-4-6-11(7-5-10)13-12-3-2-8-14-9-12/h4,11-13H,2-3,5-9H2,1H3. The molecule has 0 aromatic carbocycles. The predicted octanol–water partition coefficient (Wildman–Crippen LogP) is 2.25. The molecule has 2 rings (SSSR count). The van der Waals surface area contributed by atoms with Crippen molar-refractivity contribution in [2.75, 3.05) is 13.2 Å². The lowest BCUT2D eigenvalue weighted by Crippen LogP contribution is -2.43. The van der Waals surface area contributed by atoms with Crippen LogP contribution < -0.4 is 5.32 Å². The number of rotatable bonds is 2. The Balaban J connectivity index is 1.74. The van der Waals surface area contributed by atoms with Crippen LogP contribution in [-0.4, -0.2) is 25.3 Å². The smallest absolute Gasteiger partial charge is 0.0619 e. The average molecular weight is 195 g/mol. The molecule has 1 saturated heterocycles. The van der Waals surface area contributed by atoms with Crippen molar-refractivity contribution in [3.63, 3.8) is 0 Å². The van der Waals surface area contributed by atoms with Crippen LogP contribution in [0.2, 0.25) is 0 Å². The van der Waals surface area contributed by atoms with E-state index in [1.165, 1.54) is 32.1 Å². The Morgan fingerprint density at radius 1 is 1.36 bits per heavy atom. The fourth-order valence-electron chi connectivity index (χ4n) is 2.32. The van der Waals surface area contributed by atoms with Crippen LogP contribution in [0.4, 0.5) is 0 Å². The van der Waals surface area contributed by atoms with Crippen LogP contribution in [-0.2, 0) is 4.74 Å². The molecule has 0 radical (unpaired) electrons. The van der Waals surface area contributed by atoms with Gasteiger partial charge >= 0.3 is 0 Å². The molecule has 2 unspecified atom stereocenters. The van der Waals surface area contributed by atoms with Crippen LogP contribution in [0.25, 0.3) is 0 Å². The summed E-state index contributed by atoms with van der Waals surface area (Å²) in [5, 5.41) is 3.71. The van der Waals surface area contributed by atoms with Gasteiger partial charge in [-0.2, -0.15) is 0 Å². The van der Waals surface area contributed by atoms with E-state index in [-0.39, 0.29) is 0 Å². The largest absolute Gasteiger partial charge is 0.380 e. The van der Waals surface area contributed by atoms with E-state index in [1.54, 1.807) is 5.57 Å². The molecule has 1 N–H and O–H groups in total. The van der Waals surface area contributed by atoms with Crippen molar-refractivity contribution in [3.8, 4) is 0 Å². The van der Waals surface area contributed by atoms with Gasteiger partial charge in [-0.05, 0) is 39.0 Å². The third kappa shape index (κ3) is 2.82. The van der Waals surface area contributed by atoms with Crippen molar-refractivity contribution in [2.45, 2.75) is 51.1 Å². The Hall–Kier alpha value is -0.340. The molecular weight excluding hydrogens is 174 g/mol. The molecule has 0 saturated carbocycles. The molecule has 1 heterocycles.